The Bertz CT molecular complexity index is 789. The molecule has 0 aromatic heterocycles. The van der Waals surface area contributed by atoms with Crippen molar-refractivity contribution in [2.45, 2.75) is 187 Å². The number of amides is 1. The molecule has 0 heterocycles. The molecule has 0 radical (unpaired) electrons. The summed E-state index contributed by atoms with van der Waals surface area (Å²) in [6.07, 6.45) is 32.6. The van der Waals surface area contributed by atoms with Gasteiger partial charge in [0.1, 0.15) is 13.2 Å². The van der Waals surface area contributed by atoms with Crippen molar-refractivity contribution in [3.63, 3.8) is 0 Å². The summed E-state index contributed by atoms with van der Waals surface area (Å²) < 4.78 is 23.0. The first-order valence-corrected chi connectivity index (χ1v) is 21.0. The molecule has 0 aromatic rings. The zero-order valence-corrected chi connectivity index (χ0v) is 32.4. The Hall–Kier alpha value is -0.760. The largest absolute Gasteiger partial charge is 0.756 e. The molecule has 0 bridgehead atoms. The highest BCUT2D eigenvalue weighted by Crippen LogP contribution is 2.38. The van der Waals surface area contributed by atoms with Gasteiger partial charge in [0, 0.05) is 6.42 Å². The Balaban J connectivity index is 4.35. The van der Waals surface area contributed by atoms with Crippen LogP contribution in [-0.2, 0) is 18.4 Å². The first-order valence-electron chi connectivity index (χ1n) is 19.6. The molecule has 2 N–H and O–H groups in total. The molecule has 0 aliphatic carbocycles. The van der Waals surface area contributed by atoms with Crippen LogP contribution in [0.2, 0.25) is 0 Å². The second-order valence-corrected chi connectivity index (χ2v) is 16.1. The lowest BCUT2D eigenvalue weighted by Crippen LogP contribution is -2.45. The molecule has 0 saturated heterocycles. The van der Waals surface area contributed by atoms with Gasteiger partial charge < -0.3 is 28.8 Å². The molecule has 1 amide bonds. The van der Waals surface area contributed by atoms with Crippen molar-refractivity contribution in [3.05, 3.63) is 12.2 Å². The molecule has 0 saturated carbocycles. The summed E-state index contributed by atoms with van der Waals surface area (Å²) in [5.74, 6) is -0.199. The molecule has 47 heavy (non-hydrogen) atoms. The highest BCUT2D eigenvalue weighted by atomic mass is 31.2. The van der Waals surface area contributed by atoms with Gasteiger partial charge in [-0.2, -0.15) is 0 Å². The molecular formula is C38H77N2O6P. The number of nitrogens with one attached hydrogen (secondary N) is 1. The minimum absolute atomic E-state index is 0.00131. The maximum Gasteiger partial charge on any atom is 0.268 e. The number of quaternary nitrogens is 1. The van der Waals surface area contributed by atoms with E-state index in [1.54, 1.807) is 6.08 Å². The van der Waals surface area contributed by atoms with Crippen molar-refractivity contribution in [2.24, 2.45) is 0 Å². The van der Waals surface area contributed by atoms with Gasteiger partial charge in [0.15, 0.2) is 0 Å². The lowest BCUT2D eigenvalue weighted by atomic mass is 10.0. The van der Waals surface area contributed by atoms with Crippen LogP contribution in [0.4, 0.5) is 0 Å². The first-order chi connectivity index (χ1) is 22.5. The number of likely N-dealkylation sites (N-methyl/N-ethyl adjacent to an activating group) is 1. The zero-order valence-electron chi connectivity index (χ0n) is 31.5. The lowest BCUT2D eigenvalue weighted by molar-refractivity contribution is -0.870. The van der Waals surface area contributed by atoms with E-state index in [0.29, 0.717) is 17.4 Å². The van der Waals surface area contributed by atoms with Crippen LogP contribution in [0.25, 0.3) is 0 Å². The summed E-state index contributed by atoms with van der Waals surface area (Å²) in [6, 6.07) is -0.877. The molecule has 8 nitrogen and oxygen atoms in total. The monoisotopic (exact) mass is 689 g/mol. The van der Waals surface area contributed by atoms with Gasteiger partial charge in [-0.15, -0.1) is 0 Å². The third-order valence-corrected chi connectivity index (χ3v) is 9.71. The molecule has 0 aromatic carbocycles. The van der Waals surface area contributed by atoms with Crippen LogP contribution in [0.1, 0.15) is 174 Å². The van der Waals surface area contributed by atoms with E-state index >= 15 is 0 Å². The Labute approximate surface area is 291 Å². The molecule has 280 valence electrons. The standard InChI is InChI=1S/C38H77N2O6P/c1-6-8-10-12-14-16-17-18-19-20-21-22-23-24-26-28-30-32-38(42)39-36(35-46-47(43,44)45-34-33-40(3,4)5)37(41)31-29-27-25-15-13-11-9-7-2/h29,31,36-37,41H,6-28,30,32-35H2,1-5H3,(H-,39,42,43,44)/b31-29+. The average molecular weight is 689 g/mol. The van der Waals surface area contributed by atoms with Gasteiger partial charge in [0.25, 0.3) is 7.82 Å². The number of rotatable bonds is 35. The smallest absolute Gasteiger partial charge is 0.268 e. The van der Waals surface area contributed by atoms with Crippen LogP contribution in [-0.4, -0.2) is 68.5 Å². The molecule has 0 fully saturated rings. The summed E-state index contributed by atoms with van der Waals surface area (Å²) >= 11 is 0. The quantitative estimate of drug-likeness (QED) is 0.0297. The van der Waals surface area contributed by atoms with Gasteiger partial charge in [-0.05, 0) is 19.3 Å². The van der Waals surface area contributed by atoms with Crippen molar-refractivity contribution in [1.29, 1.82) is 0 Å². The number of hydrogen-bond acceptors (Lipinski definition) is 6. The first kappa shape index (κ1) is 46.2. The maximum atomic E-state index is 12.7. The van der Waals surface area contributed by atoms with Crippen LogP contribution in [0.15, 0.2) is 12.2 Å². The molecule has 3 unspecified atom stereocenters. The number of allylic oxidation sites excluding steroid dienone is 1. The number of carbonyl (C=O) groups is 1. The van der Waals surface area contributed by atoms with Crippen LogP contribution in [0.5, 0.6) is 0 Å². The van der Waals surface area contributed by atoms with Crippen molar-refractivity contribution in [1.82, 2.24) is 5.32 Å². The lowest BCUT2D eigenvalue weighted by Gasteiger charge is -2.29. The summed E-state index contributed by atoms with van der Waals surface area (Å²) in [5, 5.41) is 13.6. The Morgan fingerprint density at radius 2 is 1.15 bits per heavy atom. The van der Waals surface area contributed by atoms with Crippen molar-refractivity contribution >= 4 is 13.7 Å². The summed E-state index contributed by atoms with van der Waals surface area (Å²) in [6.45, 7) is 4.60. The van der Waals surface area contributed by atoms with Gasteiger partial charge in [0.2, 0.25) is 5.91 Å². The second kappa shape index (κ2) is 31.2. The van der Waals surface area contributed by atoms with Crippen LogP contribution >= 0.6 is 7.82 Å². The number of phosphoric acid groups is 1. The highest BCUT2D eigenvalue weighted by molar-refractivity contribution is 7.45. The minimum atomic E-state index is -4.57. The second-order valence-electron chi connectivity index (χ2n) is 14.6. The zero-order chi connectivity index (χ0) is 35.1. The molecule has 9 heteroatoms. The predicted molar refractivity (Wildman–Crippen MR) is 196 cm³/mol. The Morgan fingerprint density at radius 3 is 1.60 bits per heavy atom. The van der Waals surface area contributed by atoms with Gasteiger partial charge >= 0.3 is 0 Å². The minimum Gasteiger partial charge on any atom is -0.756 e. The fourth-order valence-corrected chi connectivity index (χ4v) is 6.29. The van der Waals surface area contributed by atoms with Crippen molar-refractivity contribution in [3.8, 4) is 0 Å². The van der Waals surface area contributed by atoms with Crippen LogP contribution in [0, 0.1) is 0 Å². The van der Waals surface area contributed by atoms with Gasteiger partial charge in [-0.1, -0.05) is 161 Å². The van der Waals surface area contributed by atoms with E-state index in [0.717, 1.165) is 38.5 Å². The molecule has 0 aliphatic heterocycles. The predicted octanol–water partition coefficient (Wildman–Crippen LogP) is 9.39. The maximum absolute atomic E-state index is 12.7. The number of aliphatic hydroxyl groups is 1. The SMILES string of the molecule is CCCCCCCC/C=C/C(O)C(COP(=O)([O-])OCC[N+](C)(C)C)NC(=O)CCCCCCCCCCCCCCCCCCC. The number of unbranched alkanes of at least 4 members (excludes halogenated alkanes) is 22. The third-order valence-electron chi connectivity index (χ3n) is 8.75. The van der Waals surface area contributed by atoms with Crippen LogP contribution < -0.4 is 10.2 Å². The molecular weight excluding hydrogens is 611 g/mol. The summed E-state index contributed by atoms with van der Waals surface area (Å²) in [7, 11) is 1.26. The van der Waals surface area contributed by atoms with Crippen molar-refractivity contribution < 1.29 is 32.9 Å². The van der Waals surface area contributed by atoms with Gasteiger partial charge in [-0.3, -0.25) is 9.36 Å². The fraction of sp³-hybridized carbons (Fsp3) is 0.921. The number of hydrogen-bond donors (Lipinski definition) is 2. The van der Waals surface area contributed by atoms with E-state index in [9.17, 15) is 19.4 Å². The number of carbonyl (C=O) groups excluding carboxylic acids is 1. The van der Waals surface area contributed by atoms with Gasteiger partial charge in [0.05, 0.1) is 39.9 Å². The molecule has 0 rings (SSSR count). The van der Waals surface area contributed by atoms with Crippen molar-refractivity contribution in [2.75, 3.05) is 40.9 Å². The topological polar surface area (TPSA) is 108 Å². The van der Waals surface area contributed by atoms with E-state index in [1.807, 2.05) is 27.2 Å². The van der Waals surface area contributed by atoms with Crippen LogP contribution in [0.3, 0.4) is 0 Å². The Morgan fingerprint density at radius 1 is 0.723 bits per heavy atom. The molecule has 0 aliphatic rings. The van der Waals surface area contributed by atoms with E-state index in [1.165, 1.54) is 116 Å². The van der Waals surface area contributed by atoms with E-state index in [-0.39, 0.29) is 19.1 Å². The number of nitrogens with zero attached hydrogens (tertiary/aromatic N) is 1. The normalized spacial score (nSPS) is 14.8. The fourth-order valence-electron chi connectivity index (χ4n) is 5.56. The molecule has 3 atom stereocenters. The van der Waals surface area contributed by atoms with E-state index in [2.05, 4.69) is 19.2 Å². The summed E-state index contributed by atoms with van der Waals surface area (Å²) in [5.41, 5.74) is 0. The van der Waals surface area contributed by atoms with Gasteiger partial charge in [-0.25, -0.2) is 0 Å². The molecule has 0 spiro atoms. The Kier molecular flexibility index (Phi) is 30.7. The average Bonchev–Trinajstić information content (AvgIpc) is 3.01. The highest BCUT2D eigenvalue weighted by Gasteiger charge is 2.23. The number of phosphoric ester groups is 1. The third kappa shape index (κ3) is 33.5. The number of aliphatic hydroxyl groups excluding tert-OH is 1. The van der Waals surface area contributed by atoms with E-state index < -0.39 is 20.0 Å². The van der Waals surface area contributed by atoms with E-state index in [4.69, 9.17) is 9.05 Å². The summed E-state index contributed by atoms with van der Waals surface area (Å²) in [4.78, 5) is 25.1.